The maximum Gasteiger partial charge on any atom is 0.407 e. The highest BCUT2D eigenvalue weighted by molar-refractivity contribution is 9.09. The average molecular weight is 267 g/mol. The molecule has 2 N–H and O–H groups in total. The first-order chi connectivity index (χ1) is 6.26. The molecule has 0 aromatic heterocycles. The van der Waals surface area contributed by atoms with Crippen molar-refractivity contribution in [2.45, 2.75) is 44.3 Å². The molecule has 0 aliphatic heterocycles. The molecule has 0 aliphatic carbocycles. The third-order valence-corrected chi connectivity index (χ3v) is 2.71. The van der Waals surface area contributed by atoms with Gasteiger partial charge in [0, 0.05) is 0 Å². The first-order valence-corrected chi connectivity index (χ1v) is 5.48. The van der Waals surface area contributed by atoms with Gasteiger partial charge in [-0.3, -0.25) is 0 Å². The molecule has 0 spiro atoms. The molecule has 0 heterocycles. The number of hydrogen-bond acceptors (Lipinski definition) is 3. The fraction of sp³-hybridized carbons (Fsp3) is 0.889. The number of likely N-dealkylation sites (N-methyl/N-ethyl adjacent to an activating group) is 1. The zero-order chi connectivity index (χ0) is 11.4. The minimum absolute atomic E-state index is 0.0325. The summed E-state index contributed by atoms with van der Waals surface area (Å²) in [5.74, 6) is 0. The lowest BCUT2D eigenvalue weighted by atomic mass is 10.2. The van der Waals surface area contributed by atoms with E-state index in [0.717, 1.165) is 0 Å². The van der Waals surface area contributed by atoms with Gasteiger partial charge < -0.3 is 15.4 Å². The van der Waals surface area contributed by atoms with E-state index in [4.69, 9.17) is 4.74 Å². The van der Waals surface area contributed by atoms with Crippen molar-refractivity contribution in [2.75, 3.05) is 7.05 Å². The molecule has 0 rings (SSSR count). The molecule has 1 unspecified atom stereocenters. The molecular formula is C9H19BrN2O2. The summed E-state index contributed by atoms with van der Waals surface area (Å²) in [7, 11) is 1.81. The van der Waals surface area contributed by atoms with Crippen molar-refractivity contribution in [3.63, 3.8) is 0 Å². The van der Waals surface area contributed by atoms with Gasteiger partial charge in [-0.05, 0) is 34.7 Å². The Kier molecular flexibility index (Phi) is 5.44. The molecule has 0 aliphatic rings. The van der Waals surface area contributed by atoms with Crippen molar-refractivity contribution in [3.8, 4) is 0 Å². The standard InChI is InChI=1S/C9H19BrN2O2/c1-6(7(10)11-5)12-8(13)14-9(2,3)4/h6-7,11H,1-5H3,(H,12,13)/t6?,7-/m0/s1. The van der Waals surface area contributed by atoms with Crippen molar-refractivity contribution in [1.29, 1.82) is 0 Å². The Morgan fingerprint density at radius 2 is 1.93 bits per heavy atom. The number of hydrogen-bond donors (Lipinski definition) is 2. The summed E-state index contributed by atoms with van der Waals surface area (Å²) in [6.07, 6.45) is -0.398. The first kappa shape index (κ1) is 13.7. The number of carbonyl (C=O) groups is 1. The maximum absolute atomic E-state index is 11.3. The van der Waals surface area contributed by atoms with Crippen LogP contribution in [-0.4, -0.2) is 29.7 Å². The van der Waals surface area contributed by atoms with Crippen molar-refractivity contribution < 1.29 is 9.53 Å². The maximum atomic E-state index is 11.3. The van der Waals surface area contributed by atoms with Gasteiger partial charge in [0.25, 0.3) is 0 Å². The zero-order valence-electron chi connectivity index (χ0n) is 9.35. The van der Waals surface area contributed by atoms with Crippen LogP contribution in [0.4, 0.5) is 4.79 Å². The molecular weight excluding hydrogens is 248 g/mol. The van der Waals surface area contributed by atoms with Crippen LogP contribution in [-0.2, 0) is 4.74 Å². The van der Waals surface area contributed by atoms with E-state index in [0.29, 0.717) is 0 Å². The largest absolute Gasteiger partial charge is 0.444 e. The number of alkyl carbamates (subject to hydrolysis) is 1. The second kappa shape index (κ2) is 5.56. The topological polar surface area (TPSA) is 50.4 Å². The summed E-state index contributed by atoms with van der Waals surface area (Å²) in [6, 6.07) is -0.0325. The molecule has 4 nitrogen and oxygen atoms in total. The number of amides is 1. The lowest BCUT2D eigenvalue weighted by molar-refractivity contribution is 0.0506. The predicted molar refractivity (Wildman–Crippen MR) is 60.6 cm³/mol. The summed E-state index contributed by atoms with van der Waals surface area (Å²) >= 11 is 3.37. The molecule has 0 saturated heterocycles. The molecule has 5 heteroatoms. The zero-order valence-corrected chi connectivity index (χ0v) is 10.9. The number of ether oxygens (including phenoxy) is 1. The summed E-state index contributed by atoms with van der Waals surface area (Å²) in [5.41, 5.74) is -0.453. The summed E-state index contributed by atoms with van der Waals surface area (Å²) in [5, 5.41) is 5.70. The molecule has 0 saturated carbocycles. The lowest BCUT2D eigenvalue weighted by Gasteiger charge is -2.23. The van der Waals surface area contributed by atoms with Gasteiger partial charge in [0.1, 0.15) is 5.60 Å². The molecule has 2 atom stereocenters. The average Bonchev–Trinajstić information content (AvgIpc) is 1.99. The van der Waals surface area contributed by atoms with E-state index in [-0.39, 0.29) is 11.0 Å². The normalized spacial score (nSPS) is 15.9. The smallest absolute Gasteiger partial charge is 0.407 e. The van der Waals surface area contributed by atoms with Crippen molar-refractivity contribution in [1.82, 2.24) is 10.6 Å². The number of carbonyl (C=O) groups excluding carboxylic acids is 1. The molecule has 1 amide bonds. The Labute approximate surface area is 93.9 Å². The SMILES string of the molecule is CN[C@H](Br)C(C)NC(=O)OC(C)(C)C. The van der Waals surface area contributed by atoms with Crippen molar-refractivity contribution >= 4 is 22.0 Å². The summed E-state index contributed by atoms with van der Waals surface area (Å²) in [4.78, 5) is 11.3. The second-order valence-corrected chi connectivity index (χ2v) is 5.11. The van der Waals surface area contributed by atoms with Crippen molar-refractivity contribution in [2.24, 2.45) is 0 Å². The molecule has 84 valence electrons. The van der Waals surface area contributed by atoms with E-state index in [9.17, 15) is 4.79 Å². The first-order valence-electron chi connectivity index (χ1n) is 4.57. The Morgan fingerprint density at radius 1 is 1.43 bits per heavy atom. The molecule has 14 heavy (non-hydrogen) atoms. The van der Waals surface area contributed by atoms with Crippen LogP contribution in [0.2, 0.25) is 0 Å². The van der Waals surface area contributed by atoms with E-state index in [1.165, 1.54) is 0 Å². The van der Waals surface area contributed by atoms with Crippen LogP contribution in [0.3, 0.4) is 0 Å². The van der Waals surface area contributed by atoms with Crippen LogP contribution >= 0.6 is 15.9 Å². The number of rotatable bonds is 3. The second-order valence-electron chi connectivity index (χ2n) is 4.13. The van der Waals surface area contributed by atoms with Crippen molar-refractivity contribution in [3.05, 3.63) is 0 Å². The minimum Gasteiger partial charge on any atom is -0.444 e. The predicted octanol–water partition coefficient (Wildman–Crippen LogP) is 1.84. The summed E-state index contributed by atoms with van der Waals surface area (Å²) < 4.78 is 5.10. The quantitative estimate of drug-likeness (QED) is 0.606. The van der Waals surface area contributed by atoms with Gasteiger partial charge in [-0.1, -0.05) is 15.9 Å². The highest BCUT2D eigenvalue weighted by Gasteiger charge is 2.19. The molecule has 0 fully saturated rings. The van der Waals surface area contributed by atoms with Gasteiger partial charge in [0.05, 0.1) is 11.0 Å². The molecule has 0 aromatic rings. The van der Waals surface area contributed by atoms with E-state index in [1.807, 2.05) is 34.7 Å². The van der Waals surface area contributed by atoms with E-state index in [2.05, 4.69) is 26.6 Å². The molecule has 0 aromatic carbocycles. The van der Waals surface area contributed by atoms with Gasteiger partial charge in [-0.25, -0.2) is 4.79 Å². The number of nitrogens with one attached hydrogen (secondary N) is 2. The van der Waals surface area contributed by atoms with Gasteiger partial charge in [-0.2, -0.15) is 0 Å². The summed E-state index contributed by atoms with van der Waals surface area (Å²) in [6.45, 7) is 7.39. The number of alkyl halides is 1. The third kappa shape index (κ3) is 6.21. The van der Waals surface area contributed by atoms with Crippen LogP contribution in [0.1, 0.15) is 27.7 Å². The Balaban J connectivity index is 3.95. The monoisotopic (exact) mass is 266 g/mol. The third-order valence-electron chi connectivity index (χ3n) is 1.46. The van der Waals surface area contributed by atoms with Crippen LogP contribution in [0.15, 0.2) is 0 Å². The van der Waals surface area contributed by atoms with Gasteiger partial charge in [-0.15, -0.1) is 0 Å². The van der Waals surface area contributed by atoms with Gasteiger partial charge in [0.15, 0.2) is 0 Å². The fourth-order valence-electron chi connectivity index (χ4n) is 0.817. The minimum atomic E-state index is -0.453. The highest BCUT2D eigenvalue weighted by atomic mass is 79.9. The van der Waals surface area contributed by atoms with Gasteiger partial charge in [0.2, 0.25) is 0 Å². The number of halogens is 1. The van der Waals surface area contributed by atoms with E-state index in [1.54, 1.807) is 0 Å². The van der Waals surface area contributed by atoms with E-state index >= 15 is 0 Å². The van der Waals surface area contributed by atoms with Crippen LogP contribution < -0.4 is 10.6 Å². The van der Waals surface area contributed by atoms with Gasteiger partial charge >= 0.3 is 6.09 Å². The van der Waals surface area contributed by atoms with Crippen LogP contribution in [0.5, 0.6) is 0 Å². The Bertz CT molecular complexity index is 192. The highest BCUT2D eigenvalue weighted by Crippen LogP contribution is 2.08. The Morgan fingerprint density at radius 3 is 2.29 bits per heavy atom. The van der Waals surface area contributed by atoms with E-state index < -0.39 is 11.7 Å². The molecule has 0 bridgehead atoms. The van der Waals surface area contributed by atoms with Crippen LogP contribution in [0, 0.1) is 0 Å². The lowest BCUT2D eigenvalue weighted by Crippen LogP contribution is -2.45. The van der Waals surface area contributed by atoms with Crippen LogP contribution in [0.25, 0.3) is 0 Å². The fourth-order valence-corrected chi connectivity index (χ4v) is 0.949. The molecule has 0 radical (unpaired) electrons. The Hall–Kier alpha value is -0.290.